The molecule has 5 nitrogen and oxygen atoms in total. The molecule has 1 N–H and O–H groups in total. The first kappa shape index (κ1) is 16.6. The first-order valence-corrected chi connectivity index (χ1v) is 7.65. The van der Waals surface area contributed by atoms with Gasteiger partial charge in [-0.1, -0.05) is 5.92 Å². The number of terminal acetylenes is 1. The van der Waals surface area contributed by atoms with Gasteiger partial charge in [-0.15, -0.1) is 17.8 Å². The van der Waals surface area contributed by atoms with Gasteiger partial charge in [-0.25, -0.2) is 9.37 Å². The third-order valence-corrected chi connectivity index (χ3v) is 3.50. The molecule has 0 aliphatic rings. The maximum atomic E-state index is 13.6. The summed E-state index contributed by atoms with van der Waals surface area (Å²) in [6.07, 6.45) is 6.70. The zero-order valence-corrected chi connectivity index (χ0v) is 13.2. The molecule has 2 aromatic rings. The van der Waals surface area contributed by atoms with Crippen molar-refractivity contribution < 1.29 is 13.9 Å². The van der Waals surface area contributed by atoms with Gasteiger partial charge in [0.25, 0.3) is 0 Å². The van der Waals surface area contributed by atoms with Crippen molar-refractivity contribution in [2.75, 3.05) is 12.0 Å². The van der Waals surface area contributed by atoms with Crippen molar-refractivity contribution in [2.45, 2.75) is 13.3 Å². The zero-order valence-electron chi connectivity index (χ0n) is 12.4. The van der Waals surface area contributed by atoms with E-state index in [-0.39, 0.29) is 18.0 Å². The Morgan fingerprint density at radius 2 is 2.43 bits per heavy atom. The third kappa shape index (κ3) is 4.90. The Morgan fingerprint density at radius 1 is 1.61 bits per heavy atom. The number of ether oxygens (including phenoxy) is 1. The number of hydrogen-bond acceptors (Lipinski definition) is 6. The molecule has 7 heteroatoms. The summed E-state index contributed by atoms with van der Waals surface area (Å²) in [5, 5.41) is 6.15. The molecular weight excluding hydrogens is 317 g/mol. The molecule has 1 heterocycles. The van der Waals surface area contributed by atoms with E-state index >= 15 is 0 Å². The average Bonchev–Trinajstić information content (AvgIpc) is 2.96. The van der Waals surface area contributed by atoms with Gasteiger partial charge < -0.3 is 4.74 Å². The molecule has 0 aliphatic carbocycles. The molecule has 0 saturated carbocycles. The van der Waals surface area contributed by atoms with Crippen molar-refractivity contribution in [1.82, 2.24) is 4.98 Å². The van der Waals surface area contributed by atoms with Crippen LogP contribution in [0, 0.1) is 18.2 Å². The molecule has 1 aromatic carbocycles. The van der Waals surface area contributed by atoms with Gasteiger partial charge in [0.1, 0.15) is 5.82 Å². The smallest absolute Gasteiger partial charge is 0.311 e. The highest BCUT2D eigenvalue weighted by Gasteiger charge is 2.08. The molecule has 23 heavy (non-hydrogen) atoms. The number of halogens is 1. The summed E-state index contributed by atoms with van der Waals surface area (Å²) in [5.41, 5.74) is 4.12. The van der Waals surface area contributed by atoms with E-state index in [0.717, 1.165) is 0 Å². The van der Waals surface area contributed by atoms with Crippen LogP contribution in [-0.4, -0.2) is 23.8 Å². The van der Waals surface area contributed by atoms with Gasteiger partial charge in [0.05, 0.1) is 24.9 Å². The number of carbonyl (C=O) groups is 1. The number of anilines is 1. The lowest BCUT2D eigenvalue weighted by atomic mass is 10.1. The Bertz CT molecular complexity index is 765. The molecule has 0 bridgehead atoms. The van der Waals surface area contributed by atoms with E-state index in [2.05, 4.69) is 21.4 Å². The van der Waals surface area contributed by atoms with Crippen LogP contribution in [0.3, 0.4) is 0 Å². The Balaban J connectivity index is 1.97. The van der Waals surface area contributed by atoms with Gasteiger partial charge in [-0.2, -0.15) is 5.10 Å². The quantitative estimate of drug-likeness (QED) is 0.383. The second-order valence-corrected chi connectivity index (χ2v) is 5.23. The Morgan fingerprint density at radius 3 is 3.17 bits per heavy atom. The lowest BCUT2D eigenvalue weighted by molar-refractivity contribution is -0.142. The van der Waals surface area contributed by atoms with Crippen LogP contribution in [-0.2, 0) is 16.0 Å². The minimum absolute atomic E-state index is 0.106. The fourth-order valence-corrected chi connectivity index (χ4v) is 2.35. The van der Waals surface area contributed by atoms with E-state index in [0.29, 0.717) is 23.0 Å². The Kier molecular flexibility index (Phi) is 5.83. The molecule has 0 fully saturated rings. The SMILES string of the molecule is C#Cc1ccc(F)c(C=NNc2nc(CC(=O)OCC)cs2)c1. The van der Waals surface area contributed by atoms with Gasteiger partial charge in [0.15, 0.2) is 0 Å². The van der Waals surface area contributed by atoms with Gasteiger partial charge >= 0.3 is 5.97 Å². The minimum atomic E-state index is -0.420. The summed E-state index contributed by atoms with van der Waals surface area (Å²) in [5.74, 6) is 1.68. The van der Waals surface area contributed by atoms with Crippen LogP contribution in [0.5, 0.6) is 0 Å². The van der Waals surface area contributed by atoms with E-state index in [9.17, 15) is 9.18 Å². The zero-order chi connectivity index (χ0) is 16.7. The van der Waals surface area contributed by atoms with Crippen molar-refractivity contribution in [1.29, 1.82) is 0 Å². The number of rotatable bonds is 6. The molecule has 118 valence electrons. The van der Waals surface area contributed by atoms with Crippen molar-refractivity contribution in [3.8, 4) is 12.3 Å². The lowest BCUT2D eigenvalue weighted by Gasteiger charge is -1.99. The maximum absolute atomic E-state index is 13.6. The van der Waals surface area contributed by atoms with E-state index in [1.54, 1.807) is 12.3 Å². The standard InChI is InChI=1S/C16H14FN3O2S/c1-3-11-5-6-14(17)12(7-11)9-18-20-16-19-13(10-23-16)8-15(21)22-4-2/h1,5-7,9-10H,4,8H2,2H3,(H,19,20). The van der Waals surface area contributed by atoms with E-state index < -0.39 is 5.82 Å². The number of nitrogens with zero attached hydrogens (tertiary/aromatic N) is 2. The van der Waals surface area contributed by atoms with E-state index in [1.165, 1.54) is 35.8 Å². The van der Waals surface area contributed by atoms with Crippen LogP contribution in [0.1, 0.15) is 23.7 Å². The number of esters is 1. The first-order chi connectivity index (χ1) is 11.1. The normalized spacial score (nSPS) is 10.5. The first-order valence-electron chi connectivity index (χ1n) is 6.77. The van der Waals surface area contributed by atoms with Gasteiger partial charge in [0, 0.05) is 16.5 Å². The highest BCUT2D eigenvalue weighted by molar-refractivity contribution is 7.13. The molecule has 0 unspecified atom stereocenters. The fraction of sp³-hybridized carbons (Fsp3) is 0.188. The number of benzene rings is 1. The molecular formula is C16H14FN3O2S. The molecule has 0 radical (unpaired) electrons. The number of aromatic nitrogens is 1. The van der Waals surface area contributed by atoms with Crippen LogP contribution in [0.2, 0.25) is 0 Å². The van der Waals surface area contributed by atoms with Gasteiger partial charge in [-0.05, 0) is 25.1 Å². The highest BCUT2D eigenvalue weighted by atomic mass is 32.1. The highest BCUT2D eigenvalue weighted by Crippen LogP contribution is 2.16. The van der Waals surface area contributed by atoms with Crippen LogP contribution in [0.15, 0.2) is 28.7 Å². The van der Waals surface area contributed by atoms with Crippen LogP contribution < -0.4 is 5.43 Å². The second kappa shape index (κ2) is 8.06. The Labute approximate surface area is 137 Å². The van der Waals surface area contributed by atoms with Gasteiger partial charge in [0.2, 0.25) is 5.13 Å². The van der Waals surface area contributed by atoms with Crippen LogP contribution >= 0.6 is 11.3 Å². The number of hydrazone groups is 1. The van der Waals surface area contributed by atoms with E-state index in [1.807, 2.05) is 0 Å². The summed E-state index contributed by atoms with van der Waals surface area (Å²) >= 11 is 1.29. The predicted molar refractivity (Wildman–Crippen MR) is 88.0 cm³/mol. The Hall–Kier alpha value is -2.72. The summed E-state index contributed by atoms with van der Waals surface area (Å²) in [4.78, 5) is 15.5. The van der Waals surface area contributed by atoms with Crippen LogP contribution in [0.25, 0.3) is 0 Å². The second-order valence-electron chi connectivity index (χ2n) is 4.38. The molecule has 0 spiro atoms. The molecule has 2 rings (SSSR count). The number of carbonyl (C=O) groups excluding carboxylic acids is 1. The molecule has 0 aliphatic heterocycles. The molecule has 0 amide bonds. The van der Waals surface area contributed by atoms with Crippen LogP contribution in [0.4, 0.5) is 9.52 Å². The van der Waals surface area contributed by atoms with E-state index in [4.69, 9.17) is 11.2 Å². The van der Waals surface area contributed by atoms with Crippen molar-refractivity contribution in [3.05, 3.63) is 46.2 Å². The van der Waals surface area contributed by atoms with Crippen molar-refractivity contribution in [2.24, 2.45) is 5.10 Å². The number of nitrogens with one attached hydrogen (secondary N) is 1. The predicted octanol–water partition coefficient (Wildman–Crippen LogP) is 2.82. The number of hydrogen-bond donors (Lipinski definition) is 1. The summed E-state index contributed by atoms with van der Waals surface area (Å²) in [6, 6.07) is 4.33. The van der Waals surface area contributed by atoms with Crippen molar-refractivity contribution >= 4 is 28.7 Å². The molecule has 0 saturated heterocycles. The summed E-state index contributed by atoms with van der Waals surface area (Å²) in [7, 11) is 0. The largest absolute Gasteiger partial charge is 0.466 e. The molecule has 0 atom stereocenters. The summed E-state index contributed by atoms with van der Waals surface area (Å²) in [6.45, 7) is 2.08. The fourth-order valence-electron chi connectivity index (χ4n) is 1.69. The average molecular weight is 331 g/mol. The third-order valence-electron chi connectivity index (χ3n) is 2.71. The molecule has 1 aromatic heterocycles. The van der Waals surface area contributed by atoms with Crippen molar-refractivity contribution in [3.63, 3.8) is 0 Å². The topological polar surface area (TPSA) is 63.6 Å². The number of thiazole rings is 1. The minimum Gasteiger partial charge on any atom is -0.466 e. The maximum Gasteiger partial charge on any atom is 0.311 e. The summed E-state index contributed by atoms with van der Waals surface area (Å²) < 4.78 is 18.4. The lowest BCUT2D eigenvalue weighted by Crippen LogP contribution is -2.07. The monoisotopic (exact) mass is 331 g/mol. The van der Waals surface area contributed by atoms with Gasteiger partial charge in [-0.3, -0.25) is 10.2 Å².